The largest absolute Gasteiger partial charge is 0.394 e. The SMILES string of the molecule is CCCCCCCCc1ccc(-c2cnc(C(N)(CO)CO)[nH]2)cc1.Cl. The molecule has 26 heavy (non-hydrogen) atoms. The van der Waals surface area contributed by atoms with Crippen molar-refractivity contribution in [3.05, 3.63) is 41.9 Å². The number of aliphatic hydroxyl groups excluding tert-OH is 2. The number of H-pyrrole nitrogens is 1. The Kier molecular flexibility index (Phi) is 9.88. The summed E-state index contributed by atoms with van der Waals surface area (Å²) in [6.45, 7) is 1.51. The predicted molar refractivity (Wildman–Crippen MR) is 108 cm³/mol. The molecule has 5 N–H and O–H groups in total. The molecule has 0 aliphatic heterocycles. The van der Waals surface area contributed by atoms with Gasteiger partial charge in [0.25, 0.3) is 0 Å². The molecule has 1 aromatic carbocycles. The van der Waals surface area contributed by atoms with E-state index in [9.17, 15) is 10.2 Å². The fraction of sp³-hybridized carbons (Fsp3) is 0.550. The topological polar surface area (TPSA) is 95.2 Å². The summed E-state index contributed by atoms with van der Waals surface area (Å²) < 4.78 is 0. The minimum atomic E-state index is -1.24. The monoisotopic (exact) mass is 381 g/mol. The maximum atomic E-state index is 9.36. The maximum absolute atomic E-state index is 9.36. The summed E-state index contributed by atoms with van der Waals surface area (Å²) >= 11 is 0. The number of halogens is 1. The van der Waals surface area contributed by atoms with E-state index >= 15 is 0 Å². The van der Waals surface area contributed by atoms with E-state index in [4.69, 9.17) is 5.73 Å². The first-order valence-electron chi connectivity index (χ1n) is 9.28. The Hall–Kier alpha value is -1.40. The molecule has 1 aromatic heterocycles. The highest BCUT2D eigenvalue weighted by Gasteiger charge is 2.29. The lowest BCUT2D eigenvalue weighted by Gasteiger charge is -2.21. The zero-order chi connectivity index (χ0) is 18.1. The lowest BCUT2D eigenvalue weighted by atomic mass is 10.0. The van der Waals surface area contributed by atoms with Gasteiger partial charge in [-0.1, -0.05) is 63.3 Å². The van der Waals surface area contributed by atoms with E-state index in [1.54, 1.807) is 6.20 Å². The number of nitrogens with one attached hydrogen (secondary N) is 1. The van der Waals surface area contributed by atoms with E-state index in [-0.39, 0.29) is 25.6 Å². The van der Waals surface area contributed by atoms with Crippen LogP contribution in [0.25, 0.3) is 11.3 Å². The van der Waals surface area contributed by atoms with Gasteiger partial charge in [0.15, 0.2) is 0 Å². The number of hydrogen-bond donors (Lipinski definition) is 4. The zero-order valence-corrected chi connectivity index (χ0v) is 16.4. The second kappa shape index (κ2) is 11.3. The van der Waals surface area contributed by atoms with Crippen LogP contribution in [0.4, 0.5) is 0 Å². The zero-order valence-electron chi connectivity index (χ0n) is 15.6. The van der Waals surface area contributed by atoms with Gasteiger partial charge in [-0.15, -0.1) is 12.4 Å². The van der Waals surface area contributed by atoms with E-state index < -0.39 is 5.54 Å². The highest BCUT2D eigenvalue weighted by atomic mass is 35.5. The van der Waals surface area contributed by atoms with E-state index in [1.165, 1.54) is 44.1 Å². The first-order valence-corrected chi connectivity index (χ1v) is 9.28. The molecule has 6 heteroatoms. The van der Waals surface area contributed by atoms with Crippen LogP contribution in [0.1, 0.15) is 56.8 Å². The minimum absolute atomic E-state index is 0. The number of rotatable bonds is 11. The fourth-order valence-electron chi connectivity index (χ4n) is 2.88. The van der Waals surface area contributed by atoms with Crippen molar-refractivity contribution in [3.63, 3.8) is 0 Å². The molecule has 0 saturated heterocycles. The van der Waals surface area contributed by atoms with E-state index in [0.717, 1.165) is 17.7 Å². The molecule has 0 saturated carbocycles. The summed E-state index contributed by atoms with van der Waals surface area (Å²) in [6.07, 6.45) is 10.6. The number of hydrogen-bond acceptors (Lipinski definition) is 4. The average Bonchev–Trinajstić information content (AvgIpc) is 3.15. The standard InChI is InChI=1S/C20H31N3O2.ClH/c1-2-3-4-5-6-7-8-16-9-11-17(12-10-16)18-13-22-19(23-18)20(21,14-24)15-25;/h9-13,24-25H,2-8,14-15,21H2,1H3,(H,22,23);1H. The smallest absolute Gasteiger partial charge is 0.131 e. The van der Waals surface area contributed by atoms with Gasteiger partial charge in [0.2, 0.25) is 0 Å². The fourth-order valence-corrected chi connectivity index (χ4v) is 2.88. The van der Waals surface area contributed by atoms with Crippen LogP contribution in [0, 0.1) is 0 Å². The number of aliphatic hydroxyl groups is 2. The van der Waals surface area contributed by atoms with Gasteiger partial charge in [-0.2, -0.15) is 0 Å². The second-order valence-corrected chi connectivity index (χ2v) is 6.83. The molecule has 0 amide bonds. The van der Waals surface area contributed by atoms with Crippen molar-refractivity contribution < 1.29 is 10.2 Å². The summed E-state index contributed by atoms with van der Waals surface area (Å²) in [5, 5.41) is 18.7. The molecule has 1 heterocycles. The quantitative estimate of drug-likeness (QED) is 0.448. The van der Waals surface area contributed by atoms with Crippen LogP contribution in [0.5, 0.6) is 0 Å². The number of aromatic amines is 1. The Morgan fingerprint density at radius 2 is 1.62 bits per heavy atom. The lowest BCUT2D eigenvalue weighted by molar-refractivity contribution is 0.115. The van der Waals surface area contributed by atoms with Gasteiger partial charge >= 0.3 is 0 Å². The van der Waals surface area contributed by atoms with Crippen LogP contribution in [0.3, 0.4) is 0 Å². The van der Waals surface area contributed by atoms with Crippen molar-refractivity contribution in [2.75, 3.05) is 13.2 Å². The Morgan fingerprint density at radius 1 is 1.00 bits per heavy atom. The first kappa shape index (κ1) is 22.6. The molecule has 0 aliphatic rings. The van der Waals surface area contributed by atoms with E-state index in [0.29, 0.717) is 5.82 Å². The van der Waals surface area contributed by atoms with Crippen LogP contribution in [0.15, 0.2) is 30.5 Å². The number of imidazole rings is 1. The molecule has 0 fully saturated rings. The number of unbranched alkanes of at least 4 members (excludes halogenated alkanes) is 5. The molecule has 146 valence electrons. The number of nitrogens with two attached hydrogens (primary N) is 1. The lowest BCUT2D eigenvalue weighted by Crippen LogP contribution is -2.45. The van der Waals surface area contributed by atoms with Gasteiger partial charge in [0.1, 0.15) is 11.4 Å². The van der Waals surface area contributed by atoms with Crippen molar-refractivity contribution in [3.8, 4) is 11.3 Å². The second-order valence-electron chi connectivity index (χ2n) is 6.83. The number of benzene rings is 1. The molecule has 0 bridgehead atoms. The van der Waals surface area contributed by atoms with Gasteiger partial charge in [-0.25, -0.2) is 4.98 Å². The third-order valence-electron chi connectivity index (χ3n) is 4.70. The third-order valence-corrected chi connectivity index (χ3v) is 4.70. The summed E-state index contributed by atoms with van der Waals surface area (Å²) in [6, 6.07) is 8.44. The van der Waals surface area contributed by atoms with Crippen molar-refractivity contribution in [2.24, 2.45) is 5.73 Å². The Labute approximate surface area is 162 Å². The van der Waals surface area contributed by atoms with Gasteiger partial charge < -0.3 is 20.9 Å². The van der Waals surface area contributed by atoms with Crippen LogP contribution >= 0.6 is 12.4 Å². The molecule has 0 unspecified atom stereocenters. The molecular weight excluding hydrogens is 350 g/mol. The molecule has 5 nitrogen and oxygen atoms in total. The van der Waals surface area contributed by atoms with Crippen LogP contribution in [-0.4, -0.2) is 33.4 Å². The Bertz CT molecular complexity index is 624. The summed E-state index contributed by atoms with van der Waals surface area (Å²) in [7, 11) is 0. The van der Waals surface area contributed by atoms with Gasteiger partial charge in [-0.05, 0) is 24.0 Å². The molecule has 0 spiro atoms. The van der Waals surface area contributed by atoms with Crippen LogP contribution in [0.2, 0.25) is 0 Å². The van der Waals surface area contributed by atoms with Gasteiger partial charge in [0.05, 0.1) is 25.1 Å². The van der Waals surface area contributed by atoms with Crippen molar-refractivity contribution in [1.82, 2.24) is 9.97 Å². The Morgan fingerprint density at radius 3 is 2.23 bits per heavy atom. The third kappa shape index (κ3) is 6.09. The van der Waals surface area contributed by atoms with Gasteiger partial charge in [0, 0.05) is 0 Å². The number of nitrogens with zero attached hydrogens (tertiary/aromatic N) is 1. The summed E-state index contributed by atoms with van der Waals surface area (Å²) in [5.41, 5.74) is 7.89. The first-order chi connectivity index (χ1) is 12.1. The van der Waals surface area contributed by atoms with E-state index in [1.807, 2.05) is 0 Å². The Balaban J connectivity index is 0.00000338. The molecule has 2 rings (SSSR count). The van der Waals surface area contributed by atoms with Crippen molar-refractivity contribution in [1.29, 1.82) is 0 Å². The highest BCUT2D eigenvalue weighted by Crippen LogP contribution is 2.22. The summed E-state index contributed by atoms with van der Waals surface area (Å²) in [5.74, 6) is 0.392. The van der Waals surface area contributed by atoms with Crippen LogP contribution < -0.4 is 5.73 Å². The van der Waals surface area contributed by atoms with Crippen molar-refractivity contribution >= 4 is 12.4 Å². The summed E-state index contributed by atoms with van der Waals surface area (Å²) in [4.78, 5) is 7.32. The minimum Gasteiger partial charge on any atom is -0.394 e. The molecule has 0 aliphatic carbocycles. The van der Waals surface area contributed by atoms with E-state index in [2.05, 4.69) is 41.2 Å². The molecular formula is C20H32ClN3O2. The molecule has 2 aromatic rings. The van der Waals surface area contributed by atoms with Crippen LogP contribution in [-0.2, 0) is 12.0 Å². The highest BCUT2D eigenvalue weighted by molar-refractivity contribution is 5.85. The predicted octanol–water partition coefficient (Wildman–Crippen LogP) is 3.54. The molecule has 0 radical (unpaired) electrons. The molecule has 0 atom stereocenters. The average molecular weight is 382 g/mol. The maximum Gasteiger partial charge on any atom is 0.131 e. The normalized spacial score (nSPS) is 11.4. The van der Waals surface area contributed by atoms with Gasteiger partial charge in [-0.3, -0.25) is 0 Å². The number of aryl methyl sites for hydroxylation is 1. The van der Waals surface area contributed by atoms with Crippen molar-refractivity contribution in [2.45, 2.75) is 57.4 Å². The number of aromatic nitrogens is 2.